The van der Waals surface area contributed by atoms with Gasteiger partial charge in [-0.15, -0.1) is 45.3 Å². The van der Waals surface area contributed by atoms with Gasteiger partial charge in [-0.1, -0.05) is 66.2 Å². The van der Waals surface area contributed by atoms with Crippen molar-refractivity contribution in [2.45, 2.75) is 92.9 Å². The zero-order chi connectivity index (χ0) is 33.9. The van der Waals surface area contributed by atoms with Crippen LogP contribution in [-0.4, -0.2) is 34.7 Å². The maximum Gasteiger partial charge on any atom is 0.261 e. The van der Waals surface area contributed by atoms with Gasteiger partial charge in [0.2, 0.25) is 0 Å². The van der Waals surface area contributed by atoms with E-state index in [1.807, 2.05) is 9.80 Å². The zero-order valence-corrected chi connectivity index (χ0v) is 32.5. The molecule has 2 atom stereocenters. The Bertz CT molecular complexity index is 1700. The summed E-state index contributed by atoms with van der Waals surface area (Å²) >= 11 is 6.99. The van der Waals surface area contributed by atoms with Crippen LogP contribution in [0, 0.1) is 25.7 Å². The van der Waals surface area contributed by atoms with Gasteiger partial charge in [0, 0.05) is 42.4 Å². The first kappa shape index (κ1) is 35.1. The van der Waals surface area contributed by atoms with E-state index in [0.29, 0.717) is 36.1 Å². The molecule has 4 aromatic heterocycles. The van der Waals surface area contributed by atoms with E-state index < -0.39 is 0 Å². The summed E-state index contributed by atoms with van der Waals surface area (Å²) in [6, 6.07) is 17.3. The minimum absolute atomic E-state index is 0.00811. The van der Waals surface area contributed by atoms with E-state index >= 15 is 0 Å². The lowest BCUT2D eigenvalue weighted by Gasteiger charge is -2.29. The van der Waals surface area contributed by atoms with Crippen molar-refractivity contribution in [3.05, 3.63) is 79.2 Å². The largest absolute Gasteiger partial charge is 0.306 e. The molecule has 0 radical (unpaired) electrons. The number of nitrogens with zero attached hydrogens (tertiary/aromatic N) is 2. The molecule has 2 amide bonds. The third kappa shape index (κ3) is 6.96. The van der Waals surface area contributed by atoms with Crippen LogP contribution >= 0.6 is 45.3 Å². The van der Waals surface area contributed by atoms with E-state index in [2.05, 4.69) is 90.1 Å². The van der Waals surface area contributed by atoms with Crippen molar-refractivity contribution in [3.63, 3.8) is 0 Å². The van der Waals surface area contributed by atoms with Gasteiger partial charge < -0.3 is 9.80 Å². The lowest BCUT2D eigenvalue weighted by Crippen LogP contribution is -2.34. The van der Waals surface area contributed by atoms with Crippen molar-refractivity contribution in [3.8, 4) is 19.5 Å². The summed E-state index contributed by atoms with van der Waals surface area (Å²) in [5.41, 5.74) is 2.88. The SMILES string of the molecule is CCCCC(CC)CN1C(=O)C2=C(c3ccc(-c4ccc(C)s4)s3)N(CC(CC)CCCC)C(=O)C2=C1c1ccc(-c2ccc(C)s2)s1. The second-order valence-electron chi connectivity index (χ2n) is 13.3. The van der Waals surface area contributed by atoms with E-state index in [1.165, 1.54) is 29.3 Å². The van der Waals surface area contributed by atoms with Crippen molar-refractivity contribution in [2.24, 2.45) is 11.8 Å². The molecule has 0 fully saturated rings. The van der Waals surface area contributed by atoms with Crippen LogP contribution in [0.25, 0.3) is 30.9 Å². The molecule has 6 rings (SSSR count). The molecule has 4 aromatic rings. The summed E-state index contributed by atoms with van der Waals surface area (Å²) in [6.07, 6.45) is 8.74. The van der Waals surface area contributed by atoms with Crippen LogP contribution in [0.3, 0.4) is 0 Å². The molecule has 48 heavy (non-hydrogen) atoms. The highest BCUT2D eigenvalue weighted by Crippen LogP contribution is 2.51. The highest BCUT2D eigenvalue weighted by Gasteiger charge is 2.50. The van der Waals surface area contributed by atoms with Crippen molar-refractivity contribution < 1.29 is 9.59 Å². The molecule has 0 saturated heterocycles. The Morgan fingerprint density at radius 2 is 0.875 bits per heavy atom. The zero-order valence-electron chi connectivity index (χ0n) is 29.2. The number of fused-ring (bicyclic) bond motifs is 1. The molecule has 2 aliphatic heterocycles. The van der Waals surface area contributed by atoms with Crippen LogP contribution in [0.15, 0.2) is 59.7 Å². The number of unbranched alkanes of at least 4 members (excludes halogenated alkanes) is 2. The molecule has 0 aromatic carbocycles. The normalized spacial score (nSPS) is 16.2. The molecule has 2 unspecified atom stereocenters. The molecule has 0 N–H and O–H groups in total. The van der Waals surface area contributed by atoms with Gasteiger partial charge >= 0.3 is 0 Å². The van der Waals surface area contributed by atoms with E-state index in [-0.39, 0.29) is 11.8 Å². The Kier molecular flexibility index (Phi) is 11.3. The fraction of sp³-hybridized carbons (Fsp3) is 0.450. The standard InChI is InChI=1S/C40H48N2O2S4/c1-7-11-13-27(9-3)23-41-37(33-21-19-31(47-33)29-17-15-25(5)45-29)35-36(39(41)43)38(42(40(35)44)24-28(10-4)14-12-8-2)34-22-20-32(48-34)30-18-16-26(6)46-30/h15-22,27-28H,7-14,23-24H2,1-6H3. The first-order valence-electron chi connectivity index (χ1n) is 17.7. The van der Waals surface area contributed by atoms with E-state index in [9.17, 15) is 9.59 Å². The van der Waals surface area contributed by atoms with Gasteiger partial charge in [-0.05, 0) is 87.1 Å². The predicted octanol–water partition coefficient (Wildman–Crippen LogP) is 12.1. The number of aryl methyl sites for hydroxylation is 2. The third-order valence-corrected chi connectivity index (χ3v) is 14.4. The van der Waals surface area contributed by atoms with E-state index in [1.54, 1.807) is 45.3 Å². The van der Waals surface area contributed by atoms with E-state index in [0.717, 1.165) is 72.5 Å². The minimum Gasteiger partial charge on any atom is -0.306 e. The predicted molar refractivity (Wildman–Crippen MR) is 209 cm³/mol. The quantitative estimate of drug-likeness (QED) is 0.116. The topological polar surface area (TPSA) is 40.6 Å². The molecule has 0 saturated carbocycles. The summed E-state index contributed by atoms with van der Waals surface area (Å²) in [4.78, 5) is 43.2. The van der Waals surface area contributed by atoms with Crippen molar-refractivity contribution in [2.75, 3.05) is 13.1 Å². The Balaban J connectivity index is 1.51. The van der Waals surface area contributed by atoms with Crippen LogP contribution in [0.1, 0.15) is 98.6 Å². The molecule has 0 spiro atoms. The van der Waals surface area contributed by atoms with Gasteiger partial charge in [-0.2, -0.15) is 0 Å². The number of hydrogen-bond donors (Lipinski definition) is 0. The average Bonchev–Trinajstić information content (AvgIpc) is 3.93. The van der Waals surface area contributed by atoms with Crippen molar-refractivity contribution >= 4 is 68.6 Å². The third-order valence-electron chi connectivity index (χ3n) is 9.79. The highest BCUT2D eigenvalue weighted by molar-refractivity contribution is 7.23. The summed E-state index contributed by atoms with van der Waals surface area (Å²) < 4.78 is 0. The first-order chi connectivity index (χ1) is 23.3. The Labute approximate surface area is 302 Å². The molecular formula is C40H48N2O2S4. The molecule has 2 aliphatic rings. The van der Waals surface area contributed by atoms with Gasteiger partial charge in [0.25, 0.3) is 11.8 Å². The van der Waals surface area contributed by atoms with Crippen LogP contribution in [-0.2, 0) is 9.59 Å². The van der Waals surface area contributed by atoms with Crippen molar-refractivity contribution in [1.29, 1.82) is 0 Å². The average molecular weight is 717 g/mol. The highest BCUT2D eigenvalue weighted by atomic mass is 32.1. The summed E-state index contributed by atoms with van der Waals surface area (Å²) in [5.74, 6) is 0.747. The van der Waals surface area contributed by atoms with Gasteiger partial charge in [0.05, 0.1) is 32.3 Å². The fourth-order valence-electron chi connectivity index (χ4n) is 6.94. The Morgan fingerprint density at radius 1 is 0.521 bits per heavy atom. The smallest absolute Gasteiger partial charge is 0.261 e. The number of hydrogen-bond acceptors (Lipinski definition) is 6. The molecule has 0 aliphatic carbocycles. The summed E-state index contributed by atoms with van der Waals surface area (Å²) in [6.45, 7) is 14.5. The van der Waals surface area contributed by atoms with Crippen LogP contribution < -0.4 is 0 Å². The van der Waals surface area contributed by atoms with Crippen LogP contribution in [0.4, 0.5) is 0 Å². The number of thiophene rings is 4. The lowest BCUT2D eigenvalue weighted by atomic mass is 9.98. The maximum absolute atomic E-state index is 14.9. The van der Waals surface area contributed by atoms with Crippen LogP contribution in [0.2, 0.25) is 0 Å². The molecule has 6 heterocycles. The Hall–Kier alpha value is -2.78. The molecular weight excluding hydrogens is 669 g/mol. The second kappa shape index (κ2) is 15.4. The van der Waals surface area contributed by atoms with Crippen molar-refractivity contribution in [1.82, 2.24) is 9.80 Å². The van der Waals surface area contributed by atoms with Gasteiger partial charge in [0.1, 0.15) is 0 Å². The summed E-state index contributed by atoms with van der Waals surface area (Å²) in [7, 11) is 0. The van der Waals surface area contributed by atoms with Gasteiger partial charge in [-0.25, -0.2) is 0 Å². The fourth-order valence-corrected chi connectivity index (χ4v) is 11.0. The lowest BCUT2D eigenvalue weighted by molar-refractivity contribution is -0.124. The Morgan fingerprint density at radius 3 is 1.21 bits per heavy atom. The van der Waals surface area contributed by atoms with Gasteiger partial charge in [0.15, 0.2) is 0 Å². The minimum atomic E-state index is -0.00811. The molecule has 8 heteroatoms. The monoisotopic (exact) mass is 716 g/mol. The molecule has 4 nitrogen and oxygen atoms in total. The number of carbonyl (C=O) groups excluding carboxylic acids is 2. The van der Waals surface area contributed by atoms with Crippen LogP contribution in [0.5, 0.6) is 0 Å². The number of rotatable bonds is 16. The number of amides is 2. The molecule has 0 bridgehead atoms. The molecule has 254 valence electrons. The van der Waals surface area contributed by atoms with E-state index in [4.69, 9.17) is 0 Å². The van der Waals surface area contributed by atoms with Gasteiger partial charge in [-0.3, -0.25) is 9.59 Å². The summed E-state index contributed by atoms with van der Waals surface area (Å²) in [5, 5.41) is 0. The first-order valence-corrected chi connectivity index (χ1v) is 21.0. The maximum atomic E-state index is 14.9. The second-order valence-corrected chi connectivity index (χ2v) is 18.0. The number of carbonyl (C=O) groups is 2.